The Balaban J connectivity index is 0.00000128. The van der Waals surface area contributed by atoms with Crippen molar-refractivity contribution >= 4 is 11.8 Å². The van der Waals surface area contributed by atoms with Crippen LogP contribution in [0.1, 0.15) is 11.1 Å². The van der Waals surface area contributed by atoms with Crippen molar-refractivity contribution in [2.24, 2.45) is 5.73 Å². The first-order chi connectivity index (χ1) is 7.36. The average molecular weight is 212 g/mol. The highest BCUT2D eigenvalue weighted by atomic mass is 14.6. The summed E-state index contributed by atoms with van der Waals surface area (Å²) >= 11 is 0. The highest BCUT2D eigenvalue weighted by Gasteiger charge is 1.94. The van der Waals surface area contributed by atoms with Crippen LogP contribution < -0.4 is 11.9 Å². The molecule has 0 unspecified atom stereocenters. The Kier molecular flexibility index (Phi) is 4.30. The maximum absolute atomic E-state index is 5.99. The Morgan fingerprint density at radius 2 is 1.31 bits per heavy atom. The quantitative estimate of drug-likeness (QED) is 0.750. The van der Waals surface area contributed by atoms with Crippen LogP contribution in [0.15, 0.2) is 60.7 Å². The Hall–Kier alpha value is -2.06. The van der Waals surface area contributed by atoms with Gasteiger partial charge in [0, 0.05) is 5.70 Å². The molecule has 16 heavy (non-hydrogen) atoms. The first kappa shape index (κ1) is 12.0. The molecule has 2 aromatic carbocycles. The molecule has 0 aromatic heterocycles. The zero-order valence-electron chi connectivity index (χ0n) is 9.14. The summed E-state index contributed by atoms with van der Waals surface area (Å²) < 4.78 is 0. The van der Waals surface area contributed by atoms with E-state index in [9.17, 15) is 0 Å². The molecule has 0 radical (unpaired) electrons. The van der Waals surface area contributed by atoms with Crippen LogP contribution >= 0.6 is 0 Å². The van der Waals surface area contributed by atoms with Crippen molar-refractivity contribution in [3.05, 3.63) is 71.8 Å². The van der Waals surface area contributed by atoms with E-state index in [1.807, 2.05) is 66.7 Å². The lowest BCUT2D eigenvalue weighted by Crippen LogP contribution is -1.95. The Morgan fingerprint density at radius 1 is 0.812 bits per heavy atom. The minimum atomic E-state index is 0. The molecule has 0 aliphatic rings. The SMILES string of the molecule is N.N/C(=C/c1ccccc1)c1ccccc1. The van der Waals surface area contributed by atoms with E-state index < -0.39 is 0 Å². The molecule has 0 heterocycles. The molecule has 0 saturated heterocycles. The van der Waals surface area contributed by atoms with Crippen LogP contribution in [0.4, 0.5) is 0 Å². The van der Waals surface area contributed by atoms with E-state index in [0.717, 1.165) is 16.8 Å². The van der Waals surface area contributed by atoms with Gasteiger partial charge in [-0.05, 0) is 17.2 Å². The van der Waals surface area contributed by atoms with Crippen molar-refractivity contribution in [2.45, 2.75) is 0 Å². The van der Waals surface area contributed by atoms with E-state index in [0.29, 0.717) is 0 Å². The summed E-state index contributed by atoms with van der Waals surface area (Å²) in [5.74, 6) is 0. The van der Waals surface area contributed by atoms with Gasteiger partial charge in [0.25, 0.3) is 0 Å². The van der Waals surface area contributed by atoms with Crippen molar-refractivity contribution in [1.82, 2.24) is 6.15 Å². The zero-order chi connectivity index (χ0) is 10.5. The van der Waals surface area contributed by atoms with Crippen molar-refractivity contribution in [2.75, 3.05) is 0 Å². The monoisotopic (exact) mass is 212 g/mol. The Labute approximate surface area is 96.0 Å². The highest BCUT2D eigenvalue weighted by molar-refractivity contribution is 5.79. The number of rotatable bonds is 2. The zero-order valence-corrected chi connectivity index (χ0v) is 9.14. The van der Waals surface area contributed by atoms with Gasteiger partial charge in [-0.1, -0.05) is 60.7 Å². The van der Waals surface area contributed by atoms with Gasteiger partial charge < -0.3 is 11.9 Å². The van der Waals surface area contributed by atoms with Crippen LogP contribution in [-0.2, 0) is 0 Å². The second-order valence-electron chi connectivity index (χ2n) is 3.38. The molecule has 0 saturated carbocycles. The molecule has 2 aromatic rings. The summed E-state index contributed by atoms with van der Waals surface area (Å²) in [6.45, 7) is 0. The van der Waals surface area contributed by atoms with E-state index in [2.05, 4.69) is 0 Å². The highest BCUT2D eigenvalue weighted by Crippen LogP contribution is 2.12. The second kappa shape index (κ2) is 5.73. The van der Waals surface area contributed by atoms with Crippen molar-refractivity contribution in [3.8, 4) is 0 Å². The second-order valence-corrected chi connectivity index (χ2v) is 3.38. The Morgan fingerprint density at radius 3 is 1.88 bits per heavy atom. The number of benzene rings is 2. The third-order valence-corrected chi connectivity index (χ3v) is 2.23. The Bertz CT molecular complexity index is 447. The third-order valence-electron chi connectivity index (χ3n) is 2.23. The standard InChI is InChI=1S/C14H13N.H3N/c15-14(13-9-5-2-6-10-13)11-12-7-3-1-4-8-12;/h1-11H,15H2;1H3/b14-11+;. The molecule has 5 N–H and O–H groups in total. The number of nitrogens with two attached hydrogens (primary N) is 1. The van der Waals surface area contributed by atoms with Gasteiger partial charge in [-0.15, -0.1) is 0 Å². The molecular weight excluding hydrogens is 196 g/mol. The molecule has 0 amide bonds. The third kappa shape index (κ3) is 2.97. The van der Waals surface area contributed by atoms with Crippen LogP contribution in [-0.4, -0.2) is 0 Å². The van der Waals surface area contributed by atoms with E-state index in [1.54, 1.807) is 0 Å². The van der Waals surface area contributed by atoms with Gasteiger partial charge in [0.2, 0.25) is 0 Å². The lowest BCUT2D eigenvalue weighted by molar-refractivity contribution is 1.53. The fourth-order valence-corrected chi connectivity index (χ4v) is 1.44. The molecule has 0 atom stereocenters. The molecular formula is C14H16N2. The van der Waals surface area contributed by atoms with Gasteiger partial charge in [-0.3, -0.25) is 0 Å². The topological polar surface area (TPSA) is 61.0 Å². The van der Waals surface area contributed by atoms with Gasteiger partial charge >= 0.3 is 0 Å². The molecule has 2 rings (SSSR count). The van der Waals surface area contributed by atoms with Gasteiger partial charge in [0.05, 0.1) is 0 Å². The van der Waals surface area contributed by atoms with E-state index in [4.69, 9.17) is 5.73 Å². The van der Waals surface area contributed by atoms with Crippen molar-refractivity contribution in [3.63, 3.8) is 0 Å². The minimum absolute atomic E-state index is 0. The lowest BCUT2D eigenvalue weighted by Gasteiger charge is -2.01. The number of hydrogen-bond donors (Lipinski definition) is 2. The van der Waals surface area contributed by atoms with Crippen LogP contribution in [0.5, 0.6) is 0 Å². The predicted molar refractivity (Wildman–Crippen MR) is 70.0 cm³/mol. The predicted octanol–water partition coefficient (Wildman–Crippen LogP) is 3.31. The smallest absolute Gasteiger partial charge is 0.0393 e. The maximum Gasteiger partial charge on any atom is 0.0393 e. The van der Waals surface area contributed by atoms with Crippen LogP contribution in [0, 0.1) is 0 Å². The summed E-state index contributed by atoms with van der Waals surface area (Å²) in [5.41, 5.74) is 8.96. The average Bonchev–Trinajstić information content (AvgIpc) is 2.31. The van der Waals surface area contributed by atoms with Gasteiger partial charge in [-0.2, -0.15) is 0 Å². The summed E-state index contributed by atoms with van der Waals surface area (Å²) in [4.78, 5) is 0. The molecule has 0 aliphatic carbocycles. The normalized spacial score (nSPS) is 10.6. The van der Waals surface area contributed by atoms with E-state index in [-0.39, 0.29) is 6.15 Å². The fourth-order valence-electron chi connectivity index (χ4n) is 1.44. The lowest BCUT2D eigenvalue weighted by atomic mass is 10.1. The van der Waals surface area contributed by atoms with Gasteiger partial charge in [0.15, 0.2) is 0 Å². The maximum atomic E-state index is 5.99. The molecule has 0 bridgehead atoms. The molecule has 2 nitrogen and oxygen atoms in total. The largest absolute Gasteiger partial charge is 0.398 e. The molecule has 0 spiro atoms. The van der Waals surface area contributed by atoms with Crippen molar-refractivity contribution < 1.29 is 0 Å². The molecule has 2 heteroatoms. The van der Waals surface area contributed by atoms with Crippen molar-refractivity contribution in [1.29, 1.82) is 0 Å². The summed E-state index contributed by atoms with van der Waals surface area (Å²) in [6, 6.07) is 20.1. The summed E-state index contributed by atoms with van der Waals surface area (Å²) in [7, 11) is 0. The molecule has 82 valence electrons. The van der Waals surface area contributed by atoms with Crippen LogP contribution in [0.2, 0.25) is 0 Å². The first-order valence-electron chi connectivity index (χ1n) is 4.94. The number of hydrogen-bond acceptors (Lipinski definition) is 2. The summed E-state index contributed by atoms with van der Waals surface area (Å²) in [6.07, 6.45) is 1.98. The minimum Gasteiger partial charge on any atom is -0.398 e. The molecule has 0 fully saturated rings. The van der Waals surface area contributed by atoms with Crippen LogP contribution in [0.3, 0.4) is 0 Å². The van der Waals surface area contributed by atoms with Gasteiger partial charge in [-0.25, -0.2) is 0 Å². The van der Waals surface area contributed by atoms with Gasteiger partial charge in [0.1, 0.15) is 0 Å². The fraction of sp³-hybridized carbons (Fsp3) is 0. The van der Waals surface area contributed by atoms with E-state index in [1.165, 1.54) is 0 Å². The first-order valence-corrected chi connectivity index (χ1v) is 4.94. The molecule has 0 aliphatic heterocycles. The van der Waals surface area contributed by atoms with Crippen LogP contribution in [0.25, 0.3) is 11.8 Å². The summed E-state index contributed by atoms with van der Waals surface area (Å²) in [5, 5.41) is 0. The van der Waals surface area contributed by atoms with E-state index >= 15 is 0 Å².